The minimum absolute atomic E-state index is 0.0844. The van der Waals surface area contributed by atoms with E-state index < -0.39 is 0 Å². The van der Waals surface area contributed by atoms with Gasteiger partial charge in [-0.05, 0) is 29.8 Å². The third-order valence-electron chi connectivity index (χ3n) is 3.28. The van der Waals surface area contributed by atoms with Gasteiger partial charge in [0.2, 0.25) is 0 Å². The summed E-state index contributed by atoms with van der Waals surface area (Å²) in [5, 5.41) is 0. The summed E-state index contributed by atoms with van der Waals surface area (Å²) in [6, 6.07) is 11.3. The normalized spacial score (nSPS) is 10.5. The van der Waals surface area contributed by atoms with E-state index in [1.54, 1.807) is 41.0 Å². The summed E-state index contributed by atoms with van der Waals surface area (Å²) in [4.78, 5) is 16.4. The zero-order valence-electron chi connectivity index (χ0n) is 11.6. The average Bonchev–Trinajstić information content (AvgIpc) is 2.90. The van der Waals surface area contributed by atoms with E-state index >= 15 is 0 Å². The quantitative estimate of drug-likeness (QED) is 0.735. The lowest BCUT2D eigenvalue weighted by Crippen LogP contribution is -2.23. The topological polar surface area (TPSA) is 49.0 Å². The van der Waals surface area contributed by atoms with Crippen molar-refractivity contribution < 1.29 is 4.74 Å². The van der Waals surface area contributed by atoms with Crippen molar-refractivity contribution in [1.29, 1.82) is 0 Å². The lowest BCUT2D eigenvalue weighted by atomic mass is 10.2. The van der Waals surface area contributed by atoms with E-state index in [9.17, 15) is 4.79 Å². The summed E-state index contributed by atoms with van der Waals surface area (Å²) in [5.41, 5.74) is 1.72. The fourth-order valence-corrected chi connectivity index (χ4v) is 2.15. The van der Waals surface area contributed by atoms with Crippen molar-refractivity contribution in [3.63, 3.8) is 0 Å². The van der Waals surface area contributed by atoms with Crippen LogP contribution in [0.1, 0.15) is 5.56 Å². The number of pyridine rings is 1. The molecule has 0 N–H and O–H groups in total. The third-order valence-corrected chi connectivity index (χ3v) is 3.28. The number of rotatable bonds is 4. The largest absolute Gasteiger partial charge is 0.497 e. The first-order valence-corrected chi connectivity index (χ1v) is 6.59. The molecule has 5 nitrogen and oxygen atoms in total. The molecule has 0 fully saturated rings. The van der Waals surface area contributed by atoms with Gasteiger partial charge in [0.1, 0.15) is 5.75 Å². The van der Waals surface area contributed by atoms with E-state index in [-0.39, 0.29) is 5.69 Å². The van der Waals surface area contributed by atoms with Crippen LogP contribution in [0.5, 0.6) is 5.75 Å². The molecule has 3 rings (SSSR count). The molecular weight excluding hydrogens is 266 g/mol. The first kappa shape index (κ1) is 13.2. The second kappa shape index (κ2) is 5.66. The zero-order chi connectivity index (χ0) is 14.7. The zero-order valence-corrected chi connectivity index (χ0v) is 11.6. The SMILES string of the molecule is COc1ccc(Cn2ccn(-c3cccnc3)c2=O)cc1. The van der Waals surface area contributed by atoms with Gasteiger partial charge in [-0.1, -0.05) is 12.1 Å². The van der Waals surface area contributed by atoms with Gasteiger partial charge in [0.15, 0.2) is 0 Å². The molecule has 0 amide bonds. The van der Waals surface area contributed by atoms with Crippen LogP contribution in [0.2, 0.25) is 0 Å². The maximum absolute atomic E-state index is 12.4. The van der Waals surface area contributed by atoms with Crippen molar-refractivity contribution in [2.45, 2.75) is 6.54 Å². The molecule has 0 bridgehead atoms. The first-order chi connectivity index (χ1) is 10.3. The highest BCUT2D eigenvalue weighted by molar-refractivity contribution is 5.29. The van der Waals surface area contributed by atoms with Gasteiger partial charge in [-0.15, -0.1) is 0 Å². The van der Waals surface area contributed by atoms with Gasteiger partial charge in [-0.2, -0.15) is 0 Å². The second-order valence-corrected chi connectivity index (χ2v) is 4.64. The van der Waals surface area contributed by atoms with Crippen molar-refractivity contribution >= 4 is 0 Å². The maximum Gasteiger partial charge on any atom is 0.333 e. The number of nitrogens with zero attached hydrogens (tertiary/aromatic N) is 3. The Labute approximate surface area is 122 Å². The Morgan fingerprint density at radius 1 is 1.14 bits per heavy atom. The molecule has 0 atom stereocenters. The summed E-state index contributed by atoms with van der Waals surface area (Å²) in [7, 11) is 1.63. The van der Waals surface area contributed by atoms with E-state index in [4.69, 9.17) is 4.74 Å². The predicted octanol–water partition coefficient (Wildman–Crippen LogP) is 2.09. The van der Waals surface area contributed by atoms with Gasteiger partial charge in [0, 0.05) is 18.6 Å². The molecule has 0 aliphatic rings. The van der Waals surface area contributed by atoms with E-state index in [1.807, 2.05) is 36.4 Å². The number of aromatic nitrogens is 3. The van der Waals surface area contributed by atoms with Crippen molar-refractivity contribution in [2.75, 3.05) is 7.11 Å². The third kappa shape index (κ3) is 2.72. The monoisotopic (exact) mass is 281 g/mol. The minimum Gasteiger partial charge on any atom is -0.497 e. The lowest BCUT2D eigenvalue weighted by Gasteiger charge is -2.04. The first-order valence-electron chi connectivity index (χ1n) is 6.59. The summed E-state index contributed by atoms with van der Waals surface area (Å²) in [5.74, 6) is 0.805. The summed E-state index contributed by atoms with van der Waals surface area (Å²) in [6.45, 7) is 0.524. The highest BCUT2D eigenvalue weighted by atomic mass is 16.5. The van der Waals surface area contributed by atoms with Crippen LogP contribution >= 0.6 is 0 Å². The molecule has 0 unspecified atom stereocenters. The Morgan fingerprint density at radius 3 is 2.62 bits per heavy atom. The molecule has 21 heavy (non-hydrogen) atoms. The van der Waals surface area contributed by atoms with Crippen LogP contribution in [0.15, 0.2) is 66.0 Å². The van der Waals surface area contributed by atoms with E-state index in [2.05, 4.69) is 4.98 Å². The molecular formula is C16H15N3O2. The van der Waals surface area contributed by atoms with Gasteiger partial charge >= 0.3 is 5.69 Å². The summed E-state index contributed by atoms with van der Waals surface area (Å²) >= 11 is 0. The molecule has 106 valence electrons. The van der Waals surface area contributed by atoms with E-state index in [0.717, 1.165) is 17.0 Å². The lowest BCUT2D eigenvalue weighted by molar-refractivity contribution is 0.414. The average molecular weight is 281 g/mol. The molecule has 3 aromatic rings. The molecule has 0 spiro atoms. The van der Waals surface area contributed by atoms with E-state index in [0.29, 0.717) is 6.54 Å². The fourth-order valence-electron chi connectivity index (χ4n) is 2.15. The molecule has 0 saturated carbocycles. The number of hydrogen-bond donors (Lipinski definition) is 0. The smallest absolute Gasteiger partial charge is 0.333 e. The molecule has 0 saturated heterocycles. The molecule has 0 aliphatic carbocycles. The molecule has 5 heteroatoms. The molecule has 0 aliphatic heterocycles. The molecule has 2 aromatic heterocycles. The highest BCUT2D eigenvalue weighted by Crippen LogP contribution is 2.12. The fraction of sp³-hybridized carbons (Fsp3) is 0.125. The van der Waals surface area contributed by atoms with Crippen LogP contribution < -0.4 is 10.4 Å². The Kier molecular flexibility index (Phi) is 3.55. The number of methoxy groups -OCH3 is 1. The molecule has 0 radical (unpaired) electrons. The van der Waals surface area contributed by atoms with Crippen LogP contribution in [0.4, 0.5) is 0 Å². The highest BCUT2D eigenvalue weighted by Gasteiger charge is 2.06. The molecule has 2 heterocycles. The Hall–Kier alpha value is -2.82. The van der Waals surface area contributed by atoms with Crippen LogP contribution in [0.25, 0.3) is 5.69 Å². The van der Waals surface area contributed by atoms with Gasteiger partial charge in [-0.3, -0.25) is 14.1 Å². The number of ether oxygens (including phenoxy) is 1. The van der Waals surface area contributed by atoms with Crippen LogP contribution in [0, 0.1) is 0 Å². The van der Waals surface area contributed by atoms with Crippen LogP contribution in [0.3, 0.4) is 0 Å². The van der Waals surface area contributed by atoms with Crippen molar-refractivity contribution in [1.82, 2.24) is 14.1 Å². The van der Waals surface area contributed by atoms with Crippen LogP contribution in [-0.4, -0.2) is 21.2 Å². The van der Waals surface area contributed by atoms with Gasteiger partial charge in [0.05, 0.1) is 25.5 Å². The Morgan fingerprint density at radius 2 is 1.95 bits per heavy atom. The maximum atomic E-state index is 12.4. The standard InChI is InChI=1S/C16H15N3O2/c1-21-15-6-4-13(5-7-15)12-18-9-10-19(16(18)20)14-3-2-8-17-11-14/h2-11H,12H2,1H3. The van der Waals surface area contributed by atoms with Crippen molar-refractivity contribution in [3.8, 4) is 11.4 Å². The Balaban J connectivity index is 1.87. The number of benzene rings is 1. The van der Waals surface area contributed by atoms with Crippen LogP contribution in [-0.2, 0) is 6.54 Å². The number of hydrogen-bond acceptors (Lipinski definition) is 3. The summed E-state index contributed by atoms with van der Waals surface area (Å²) < 4.78 is 8.37. The van der Waals surface area contributed by atoms with Crippen molar-refractivity contribution in [2.24, 2.45) is 0 Å². The summed E-state index contributed by atoms with van der Waals surface area (Å²) in [6.07, 6.45) is 6.88. The minimum atomic E-state index is -0.0844. The van der Waals surface area contributed by atoms with Gasteiger partial charge < -0.3 is 4.74 Å². The number of imidazole rings is 1. The van der Waals surface area contributed by atoms with Gasteiger partial charge in [0.25, 0.3) is 0 Å². The Bertz CT molecular complexity index is 773. The molecule has 1 aromatic carbocycles. The van der Waals surface area contributed by atoms with Crippen molar-refractivity contribution in [3.05, 3.63) is 77.2 Å². The van der Waals surface area contributed by atoms with Gasteiger partial charge in [-0.25, -0.2) is 4.79 Å². The predicted molar refractivity (Wildman–Crippen MR) is 79.9 cm³/mol. The second-order valence-electron chi connectivity index (χ2n) is 4.64. The van der Waals surface area contributed by atoms with E-state index in [1.165, 1.54) is 0 Å².